The van der Waals surface area contributed by atoms with Crippen LogP contribution in [0.2, 0.25) is 0 Å². The summed E-state index contributed by atoms with van der Waals surface area (Å²) >= 11 is 0. The summed E-state index contributed by atoms with van der Waals surface area (Å²) in [5, 5.41) is 12.6. The van der Waals surface area contributed by atoms with Crippen molar-refractivity contribution >= 4 is 5.91 Å². The maximum absolute atomic E-state index is 12.8. The normalized spacial score (nSPS) is 12.0. The van der Waals surface area contributed by atoms with Crippen LogP contribution in [0.3, 0.4) is 0 Å². The summed E-state index contributed by atoms with van der Waals surface area (Å²) in [5.41, 5.74) is 1.75. The molecule has 2 rings (SSSR count). The minimum absolute atomic E-state index is 0.0131. The molecule has 0 radical (unpaired) electrons. The van der Waals surface area contributed by atoms with Crippen LogP contribution >= 0.6 is 0 Å². The number of ether oxygens (including phenoxy) is 1. The fourth-order valence-electron chi connectivity index (χ4n) is 2.36. The van der Waals surface area contributed by atoms with E-state index in [-0.39, 0.29) is 24.9 Å². The van der Waals surface area contributed by atoms with E-state index < -0.39 is 6.10 Å². The van der Waals surface area contributed by atoms with Crippen molar-refractivity contribution in [2.45, 2.75) is 26.4 Å². The van der Waals surface area contributed by atoms with Crippen LogP contribution in [0.15, 0.2) is 48.5 Å². The SMILES string of the molecule is CC(C)Cc1ccc(C(=O)NCC(O)COc2ccc(F)cc2)cc1. The molecule has 0 saturated carbocycles. The molecule has 1 atom stereocenters. The molecule has 0 spiro atoms. The zero-order valence-corrected chi connectivity index (χ0v) is 14.5. The van der Waals surface area contributed by atoms with Crippen LogP contribution in [0, 0.1) is 11.7 Å². The highest BCUT2D eigenvalue weighted by molar-refractivity contribution is 5.94. The van der Waals surface area contributed by atoms with Gasteiger partial charge >= 0.3 is 0 Å². The molecule has 0 bridgehead atoms. The number of aliphatic hydroxyl groups excluding tert-OH is 1. The van der Waals surface area contributed by atoms with Gasteiger partial charge in [0.2, 0.25) is 0 Å². The van der Waals surface area contributed by atoms with E-state index in [2.05, 4.69) is 19.2 Å². The molecule has 0 saturated heterocycles. The minimum Gasteiger partial charge on any atom is -0.491 e. The Morgan fingerprint density at radius 2 is 1.76 bits per heavy atom. The number of aliphatic hydroxyl groups is 1. The topological polar surface area (TPSA) is 58.6 Å². The van der Waals surface area contributed by atoms with Gasteiger partial charge in [0.25, 0.3) is 5.91 Å². The summed E-state index contributed by atoms with van der Waals surface area (Å²) in [6.07, 6.45) is 0.121. The third-order valence-electron chi connectivity index (χ3n) is 3.61. The second-order valence-electron chi connectivity index (χ2n) is 6.42. The van der Waals surface area contributed by atoms with Crippen LogP contribution in [0.5, 0.6) is 5.75 Å². The number of hydrogen-bond donors (Lipinski definition) is 2. The lowest BCUT2D eigenvalue weighted by Gasteiger charge is -2.13. The maximum atomic E-state index is 12.8. The quantitative estimate of drug-likeness (QED) is 0.772. The van der Waals surface area contributed by atoms with Gasteiger partial charge in [-0.1, -0.05) is 26.0 Å². The molecule has 2 aromatic carbocycles. The molecule has 25 heavy (non-hydrogen) atoms. The summed E-state index contributed by atoms with van der Waals surface area (Å²) < 4.78 is 18.1. The van der Waals surface area contributed by atoms with Crippen molar-refractivity contribution in [3.63, 3.8) is 0 Å². The number of amides is 1. The van der Waals surface area contributed by atoms with Crippen LogP contribution in [0.25, 0.3) is 0 Å². The molecule has 5 heteroatoms. The molecule has 1 amide bonds. The molecular weight excluding hydrogens is 321 g/mol. The first-order valence-corrected chi connectivity index (χ1v) is 8.37. The predicted octanol–water partition coefficient (Wildman–Crippen LogP) is 3.19. The van der Waals surface area contributed by atoms with Gasteiger partial charge in [0.05, 0.1) is 0 Å². The molecule has 2 aromatic rings. The first-order chi connectivity index (χ1) is 11.9. The number of nitrogens with one attached hydrogen (secondary N) is 1. The van der Waals surface area contributed by atoms with E-state index in [9.17, 15) is 14.3 Å². The highest BCUT2D eigenvalue weighted by atomic mass is 19.1. The Labute approximate surface area is 147 Å². The first-order valence-electron chi connectivity index (χ1n) is 8.37. The maximum Gasteiger partial charge on any atom is 0.251 e. The molecule has 0 heterocycles. The van der Waals surface area contributed by atoms with E-state index >= 15 is 0 Å². The number of carbonyl (C=O) groups excluding carboxylic acids is 1. The number of benzene rings is 2. The van der Waals surface area contributed by atoms with E-state index in [1.807, 2.05) is 12.1 Å². The van der Waals surface area contributed by atoms with Crippen molar-refractivity contribution in [1.82, 2.24) is 5.32 Å². The van der Waals surface area contributed by atoms with Gasteiger partial charge < -0.3 is 15.2 Å². The Kier molecular flexibility index (Phi) is 6.95. The van der Waals surface area contributed by atoms with Gasteiger partial charge in [0.1, 0.15) is 24.3 Å². The molecule has 0 aromatic heterocycles. The molecule has 134 valence electrons. The van der Waals surface area contributed by atoms with Gasteiger partial charge in [0.15, 0.2) is 0 Å². The summed E-state index contributed by atoms with van der Waals surface area (Å²) in [7, 11) is 0. The van der Waals surface area contributed by atoms with Gasteiger partial charge in [-0.15, -0.1) is 0 Å². The average Bonchev–Trinajstić information content (AvgIpc) is 2.59. The van der Waals surface area contributed by atoms with Crippen molar-refractivity contribution in [2.75, 3.05) is 13.2 Å². The van der Waals surface area contributed by atoms with Crippen LogP contribution in [0.1, 0.15) is 29.8 Å². The van der Waals surface area contributed by atoms with E-state index in [1.54, 1.807) is 12.1 Å². The average molecular weight is 345 g/mol. The Balaban J connectivity index is 1.75. The van der Waals surface area contributed by atoms with Gasteiger partial charge in [-0.3, -0.25) is 4.79 Å². The summed E-state index contributed by atoms with van der Waals surface area (Å²) in [6.45, 7) is 4.39. The molecule has 1 unspecified atom stereocenters. The second kappa shape index (κ2) is 9.18. The van der Waals surface area contributed by atoms with Crippen molar-refractivity contribution in [3.8, 4) is 5.75 Å². The Bertz CT molecular complexity index is 668. The molecule has 0 aliphatic heterocycles. The lowest BCUT2D eigenvalue weighted by atomic mass is 10.0. The van der Waals surface area contributed by atoms with E-state index in [0.717, 1.165) is 6.42 Å². The lowest BCUT2D eigenvalue weighted by Crippen LogP contribution is -2.35. The predicted molar refractivity (Wildman–Crippen MR) is 95.2 cm³/mol. The largest absolute Gasteiger partial charge is 0.491 e. The lowest BCUT2D eigenvalue weighted by molar-refractivity contribution is 0.0843. The highest BCUT2D eigenvalue weighted by Gasteiger charge is 2.10. The van der Waals surface area contributed by atoms with Gasteiger partial charge in [-0.2, -0.15) is 0 Å². The van der Waals surface area contributed by atoms with E-state index in [1.165, 1.54) is 29.8 Å². The minimum atomic E-state index is -0.853. The number of halogens is 1. The van der Waals surface area contributed by atoms with Crippen molar-refractivity contribution < 1.29 is 19.0 Å². The number of hydrogen-bond acceptors (Lipinski definition) is 3. The molecular formula is C20H24FNO3. The molecule has 0 fully saturated rings. The second-order valence-corrected chi connectivity index (χ2v) is 6.42. The van der Waals surface area contributed by atoms with Gasteiger partial charge in [-0.25, -0.2) is 4.39 Å². The molecule has 4 nitrogen and oxygen atoms in total. The van der Waals surface area contributed by atoms with Gasteiger partial charge in [0, 0.05) is 12.1 Å². The third kappa shape index (κ3) is 6.55. The monoisotopic (exact) mass is 345 g/mol. The van der Waals surface area contributed by atoms with Crippen LogP contribution in [-0.4, -0.2) is 30.3 Å². The van der Waals surface area contributed by atoms with E-state index in [0.29, 0.717) is 17.2 Å². The third-order valence-corrected chi connectivity index (χ3v) is 3.61. The summed E-state index contributed by atoms with van der Waals surface area (Å²) in [4.78, 5) is 12.1. The number of rotatable bonds is 8. The van der Waals surface area contributed by atoms with Crippen LogP contribution in [0.4, 0.5) is 4.39 Å². The zero-order chi connectivity index (χ0) is 18.2. The summed E-state index contributed by atoms with van der Waals surface area (Å²) in [6, 6.07) is 13.0. The zero-order valence-electron chi connectivity index (χ0n) is 14.5. The smallest absolute Gasteiger partial charge is 0.251 e. The Morgan fingerprint density at radius 1 is 1.12 bits per heavy atom. The Morgan fingerprint density at radius 3 is 2.36 bits per heavy atom. The van der Waals surface area contributed by atoms with Crippen molar-refractivity contribution in [3.05, 3.63) is 65.5 Å². The van der Waals surface area contributed by atoms with Crippen molar-refractivity contribution in [1.29, 1.82) is 0 Å². The fourth-order valence-corrected chi connectivity index (χ4v) is 2.36. The van der Waals surface area contributed by atoms with Gasteiger partial charge in [-0.05, 0) is 54.3 Å². The molecule has 0 aliphatic carbocycles. The first kappa shape index (κ1) is 18.9. The summed E-state index contributed by atoms with van der Waals surface area (Å²) in [5.74, 6) is 0.444. The van der Waals surface area contributed by atoms with E-state index in [4.69, 9.17) is 4.74 Å². The molecule has 0 aliphatic rings. The fraction of sp³-hybridized carbons (Fsp3) is 0.350. The highest BCUT2D eigenvalue weighted by Crippen LogP contribution is 2.12. The molecule has 2 N–H and O–H groups in total. The standard InChI is InChI=1S/C20H24FNO3/c1-14(2)11-15-3-5-16(6-4-15)20(24)22-12-18(23)13-25-19-9-7-17(21)8-10-19/h3-10,14,18,23H,11-13H2,1-2H3,(H,22,24). The number of carbonyl (C=O) groups is 1. The van der Waals surface area contributed by atoms with Crippen LogP contribution in [-0.2, 0) is 6.42 Å². The Hall–Kier alpha value is -2.40. The van der Waals surface area contributed by atoms with Crippen LogP contribution < -0.4 is 10.1 Å². The van der Waals surface area contributed by atoms with Crippen molar-refractivity contribution in [2.24, 2.45) is 5.92 Å².